The number of hydrogen-bond donors (Lipinski definition) is 0. The van der Waals surface area contributed by atoms with Crippen molar-refractivity contribution in [1.29, 1.82) is 0 Å². The van der Waals surface area contributed by atoms with Crippen LogP contribution in [-0.4, -0.2) is 6.08 Å². The fourth-order valence-electron chi connectivity index (χ4n) is 1.34. The number of carbonyl (C=O) groups excluding carboxylic acids is 1. The maximum absolute atomic E-state index is 10.3. The fraction of sp³-hybridized carbons (Fsp3) is 0.308. The van der Waals surface area contributed by atoms with Gasteiger partial charge in [-0.25, -0.2) is 4.79 Å². The van der Waals surface area contributed by atoms with Crippen LogP contribution in [0.2, 0.25) is 0 Å². The lowest BCUT2D eigenvalue weighted by molar-refractivity contribution is 0.523. The molecule has 0 aliphatic carbocycles. The second-order valence-corrected chi connectivity index (χ2v) is 4.12. The molecule has 15 heavy (non-hydrogen) atoms. The summed E-state index contributed by atoms with van der Waals surface area (Å²) < 4.78 is 0. The maximum Gasteiger partial charge on any atom is 0.235 e. The number of benzene rings is 1. The van der Waals surface area contributed by atoms with Gasteiger partial charge in [-0.15, -0.1) is 0 Å². The van der Waals surface area contributed by atoms with Crippen molar-refractivity contribution in [3.8, 4) is 0 Å². The number of rotatable bonds is 3. The average Bonchev–Trinajstić information content (AvgIpc) is 2.18. The van der Waals surface area contributed by atoms with Gasteiger partial charge in [0.05, 0.1) is 5.54 Å². The Morgan fingerprint density at radius 3 is 2.27 bits per heavy atom. The van der Waals surface area contributed by atoms with Gasteiger partial charge in [-0.3, -0.25) is 0 Å². The molecule has 78 valence electrons. The van der Waals surface area contributed by atoms with E-state index in [-0.39, 0.29) is 0 Å². The molecule has 2 nitrogen and oxygen atoms in total. The molecular weight excluding hydrogens is 186 g/mol. The Bertz CT molecular complexity index is 409. The van der Waals surface area contributed by atoms with Crippen LogP contribution in [0, 0.1) is 0 Å². The van der Waals surface area contributed by atoms with E-state index in [0.29, 0.717) is 0 Å². The van der Waals surface area contributed by atoms with E-state index < -0.39 is 5.54 Å². The van der Waals surface area contributed by atoms with Crippen LogP contribution in [0.1, 0.15) is 31.9 Å². The minimum Gasteiger partial charge on any atom is -0.211 e. The molecule has 0 bridgehead atoms. The molecule has 0 radical (unpaired) electrons. The van der Waals surface area contributed by atoms with E-state index in [4.69, 9.17) is 0 Å². The van der Waals surface area contributed by atoms with Gasteiger partial charge in [0.25, 0.3) is 0 Å². The molecule has 0 atom stereocenters. The zero-order chi connectivity index (χ0) is 11.5. The summed E-state index contributed by atoms with van der Waals surface area (Å²) in [4.78, 5) is 14.0. The Balaban J connectivity index is 3.08. The molecule has 0 N–H and O–H groups in total. The molecule has 0 heterocycles. The van der Waals surface area contributed by atoms with Crippen LogP contribution in [0.3, 0.4) is 0 Å². The number of hydrogen-bond acceptors (Lipinski definition) is 2. The third kappa shape index (κ3) is 2.64. The second kappa shape index (κ2) is 4.24. The van der Waals surface area contributed by atoms with Crippen molar-refractivity contribution in [1.82, 2.24) is 0 Å². The van der Waals surface area contributed by atoms with E-state index >= 15 is 0 Å². The predicted molar refractivity (Wildman–Crippen MR) is 62.3 cm³/mol. The summed E-state index contributed by atoms with van der Waals surface area (Å²) in [6.45, 7) is 9.60. The molecule has 0 fully saturated rings. The topological polar surface area (TPSA) is 29.4 Å². The third-order valence-electron chi connectivity index (χ3n) is 2.41. The first-order chi connectivity index (χ1) is 6.97. The minimum atomic E-state index is -0.505. The molecule has 1 aromatic carbocycles. The average molecular weight is 201 g/mol. The van der Waals surface area contributed by atoms with Gasteiger partial charge >= 0.3 is 0 Å². The molecule has 0 aliphatic heterocycles. The van der Waals surface area contributed by atoms with Gasteiger partial charge in [-0.2, -0.15) is 4.99 Å². The molecule has 0 aliphatic rings. The monoisotopic (exact) mass is 201 g/mol. The smallest absolute Gasteiger partial charge is 0.211 e. The zero-order valence-electron chi connectivity index (χ0n) is 9.37. The highest BCUT2D eigenvalue weighted by atomic mass is 16.1. The molecule has 0 amide bonds. The Morgan fingerprint density at radius 2 is 1.87 bits per heavy atom. The van der Waals surface area contributed by atoms with Gasteiger partial charge in [0.15, 0.2) is 0 Å². The lowest BCUT2D eigenvalue weighted by atomic mass is 9.93. The number of aliphatic imine (C=N–C) groups is 1. The Hall–Kier alpha value is -1.66. The molecule has 0 spiro atoms. The summed E-state index contributed by atoms with van der Waals surface area (Å²) in [6.07, 6.45) is 1.60. The Labute approximate surface area is 90.4 Å². The van der Waals surface area contributed by atoms with Gasteiger partial charge in [0.2, 0.25) is 6.08 Å². The highest BCUT2D eigenvalue weighted by Gasteiger charge is 2.18. The first-order valence-electron chi connectivity index (χ1n) is 4.83. The summed E-state index contributed by atoms with van der Waals surface area (Å²) in [7, 11) is 0. The van der Waals surface area contributed by atoms with Crippen molar-refractivity contribution < 1.29 is 4.79 Å². The summed E-state index contributed by atoms with van der Waals surface area (Å²) >= 11 is 0. The van der Waals surface area contributed by atoms with Crippen LogP contribution in [0.4, 0.5) is 0 Å². The first kappa shape index (κ1) is 11.4. The van der Waals surface area contributed by atoms with Crippen molar-refractivity contribution >= 4 is 11.7 Å². The van der Waals surface area contributed by atoms with Gasteiger partial charge in [0.1, 0.15) is 0 Å². The normalized spacial score (nSPS) is 10.6. The zero-order valence-corrected chi connectivity index (χ0v) is 9.37. The van der Waals surface area contributed by atoms with Crippen LogP contribution < -0.4 is 0 Å². The SMILES string of the molecule is C=C(C)c1ccc(C(C)(C)N=C=O)cc1. The molecule has 1 rings (SSSR count). The maximum atomic E-state index is 10.3. The highest BCUT2D eigenvalue weighted by Crippen LogP contribution is 2.25. The first-order valence-corrected chi connectivity index (χ1v) is 4.83. The van der Waals surface area contributed by atoms with E-state index in [1.54, 1.807) is 6.08 Å². The van der Waals surface area contributed by atoms with Crippen molar-refractivity contribution in [3.63, 3.8) is 0 Å². The number of nitrogens with zero attached hydrogens (tertiary/aromatic N) is 1. The van der Waals surface area contributed by atoms with Crippen LogP contribution in [-0.2, 0) is 10.3 Å². The van der Waals surface area contributed by atoms with Crippen molar-refractivity contribution in [3.05, 3.63) is 42.0 Å². The van der Waals surface area contributed by atoms with Gasteiger partial charge in [-0.1, -0.05) is 36.4 Å². The molecule has 0 saturated carbocycles. The van der Waals surface area contributed by atoms with Crippen molar-refractivity contribution in [2.75, 3.05) is 0 Å². The minimum absolute atomic E-state index is 0.505. The highest BCUT2D eigenvalue weighted by molar-refractivity contribution is 5.61. The number of isocyanates is 1. The van der Waals surface area contributed by atoms with Crippen molar-refractivity contribution in [2.24, 2.45) is 4.99 Å². The standard InChI is InChI=1S/C13H15NO/c1-10(2)11-5-7-12(8-6-11)13(3,4)14-9-15/h5-8H,1H2,2-4H3. The lowest BCUT2D eigenvalue weighted by Crippen LogP contribution is -2.13. The van der Waals surface area contributed by atoms with E-state index in [9.17, 15) is 4.79 Å². The molecule has 0 saturated heterocycles. The van der Waals surface area contributed by atoms with Gasteiger partial charge in [-0.05, 0) is 31.9 Å². The predicted octanol–water partition coefficient (Wildman–Crippen LogP) is 3.29. The second-order valence-electron chi connectivity index (χ2n) is 4.12. The van der Waals surface area contributed by atoms with Crippen LogP contribution in [0.5, 0.6) is 0 Å². The lowest BCUT2D eigenvalue weighted by Gasteiger charge is -2.18. The quantitative estimate of drug-likeness (QED) is 0.545. The molecule has 1 aromatic rings. The summed E-state index contributed by atoms with van der Waals surface area (Å²) in [5.74, 6) is 0. The van der Waals surface area contributed by atoms with E-state index in [2.05, 4.69) is 11.6 Å². The van der Waals surface area contributed by atoms with E-state index in [1.807, 2.05) is 45.0 Å². The summed E-state index contributed by atoms with van der Waals surface area (Å²) in [5, 5.41) is 0. The summed E-state index contributed by atoms with van der Waals surface area (Å²) in [5.41, 5.74) is 2.62. The largest absolute Gasteiger partial charge is 0.235 e. The Morgan fingerprint density at radius 1 is 1.33 bits per heavy atom. The number of allylic oxidation sites excluding steroid dienone is 1. The molecule has 2 heteroatoms. The molecule has 0 aromatic heterocycles. The van der Waals surface area contributed by atoms with Crippen molar-refractivity contribution in [2.45, 2.75) is 26.3 Å². The van der Waals surface area contributed by atoms with E-state index in [1.165, 1.54) is 0 Å². The third-order valence-corrected chi connectivity index (χ3v) is 2.41. The van der Waals surface area contributed by atoms with Crippen LogP contribution in [0.15, 0.2) is 35.8 Å². The fourth-order valence-corrected chi connectivity index (χ4v) is 1.34. The summed E-state index contributed by atoms with van der Waals surface area (Å²) in [6, 6.07) is 7.90. The van der Waals surface area contributed by atoms with Crippen LogP contribution >= 0.6 is 0 Å². The Kier molecular flexibility index (Phi) is 3.23. The van der Waals surface area contributed by atoms with E-state index in [0.717, 1.165) is 16.7 Å². The molecular formula is C13H15NO. The van der Waals surface area contributed by atoms with Gasteiger partial charge in [0, 0.05) is 0 Å². The van der Waals surface area contributed by atoms with Crippen LogP contribution in [0.25, 0.3) is 5.57 Å². The van der Waals surface area contributed by atoms with Gasteiger partial charge < -0.3 is 0 Å². The molecule has 0 unspecified atom stereocenters.